The molecule has 1 heterocycles. The summed E-state index contributed by atoms with van der Waals surface area (Å²) in [4.78, 5) is 15.8. The first-order chi connectivity index (χ1) is 19.3. The molecule has 1 amide bonds. The van der Waals surface area contributed by atoms with Gasteiger partial charge in [-0.1, -0.05) is 84.9 Å². The molecule has 4 aromatic carbocycles. The minimum absolute atomic E-state index is 0.0140. The van der Waals surface area contributed by atoms with Crippen molar-refractivity contribution in [2.45, 2.75) is 31.3 Å². The van der Waals surface area contributed by atoms with Gasteiger partial charge in [-0.25, -0.2) is 0 Å². The highest BCUT2D eigenvalue weighted by molar-refractivity contribution is 5.87. The summed E-state index contributed by atoms with van der Waals surface area (Å²) < 4.78 is 45.6. The number of halogens is 3. The van der Waals surface area contributed by atoms with E-state index in [2.05, 4.69) is 15.5 Å². The van der Waals surface area contributed by atoms with Crippen LogP contribution in [0, 0.1) is 0 Å². The van der Waals surface area contributed by atoms with Gasteiger partial charge < -0.3 is 15.4 Å². The minimum Gasteiger partial charge on any atom is -0.376 e. The third-order valence-electron chi connectivity index (χ3n) is 7.06. The first-order valence-corrected chi connectivity index (χ1v) is 13.0. The van der Waals surface area contributed by atoms with Crippen LogP contribution in [0.1, 0.15) is 22.3 Å². The molecule has 0 spiro atoms. The quantitative estimate of drug-likeness (QED) is 0.238. The minimum atomic E-state index is -4.45. The summed E-state index contributed by atoms with van der Waals surface area (Å²) in [6.07, 6.45) is -4.45. The molecule has 0 saturated carbocycles. The van der Waals surface area contributed by atoms with Gasteiger partial charge >= 0.3 is 6.18 Å². The fraction of sp³-hybridized carbons (Fsp3) is 0.219. The first kappa shape index (κ1) is 27.4. The Kier molecular flexibility index (Phi) is 8.19. The van der Waals surface area contributed by atoms with Crippen molar-refractivity contribution in [3.8, 4) is 0 Å². The van der Waals surface area contributed by atoms with Gasteiger partial charge in [-0.3, -0.25) is 9.69 Å². The van der Waals surface area contributed by atoms with Crippen molar-refractivity contribution in [2.75, 3.05) is 18.5 Å². The first-order valence-electron chi connectivity index (χ1n) is 13.0. The smallest absolute Gasteiger partial charge is 0.376 e. The average molecular weight is 546 g/mol. The summed E-state index contributed by atoms with van der Waals surface area (Å²) in [7, 11) is 0. The predicted molar refractivity (Wildman–Crippen MR) is 149 cm³/mol. The lowest BCUT2D eigenvalue weighted by Gasteiger charge is -2.48. The van der Waals surface area contributed by atoms with Gasteiger partial charge in [0.25, 0.3) is 0 Å². The molecule has 2 N–H and O–H groups in total. The molecule has 0 bridgehead atoms. The van der Waals surface area contributed by atoms with Crippen molar-refractivity contribution >= 4 is 17.3 Å². The van der Waals surface area contributed by atoms with Crippen molar-refractivity contribution in [3.05, 3.63) is 131 Å². The molecule has 0 atom stereocenters. The Hall–Kier alpha value is -4.14. The Morgan fingerprint density at radius 3 is 1.82 bits per heavy atom. The average Bonchev–Trinajstić information content (AvgIpc) is 2.93. The van der Waals surface area contributed by atoms with E-state index in [0.717, 1.165) is 22.8 Å². The molecule has 40 heavy (non-hydrogen) atoms. The number of anilines is 2. The van der Waals surface area contributed by atoms with Gasteiger partial charge in [-0.05, 0) is 41.0 Å². The second-order valence-corrected chi connectivity index (χ2v) is 9.90. The molecule has 8 heteroatoms. The lowest BCUT2D eigenvalue weighted by atomic mass is 9.91. The normalized spacial score (nSPS) is 14.4. The number of hydrogen-bond donors (Lipinski definition) is 2. The van der Waals surface area contributed by atoms with E-state index in [1.54, 1.807) is 30.3 Å². The van der Waals surface area contributed by atoms with E-state index in [0.29, 0.717) is 32.0 Å². The van der Waals surface area contributed by atoms with Crippen LogP contribution in [0.25, 0.3) is 0 Å². The Balaban J connectivity index is 1.27. The van der Waals surface area contributed by atoms with Crippen LogP contribution < -0.4 is 10.6 Å². The highest BCUT2D eigenvalue weighted by Gasteiger charge is 2.50. The number of hydrogen-bond acceptors (Lipinski definition) is 4. The molecule has 5 nitrogen and oxygen atoms in total. The molecule has 0 aromatic heterocycles. The van der Waals surface area contributed by atoms with Crippen molar-refractivity contribution in [1.29, 1.82) is 0 Å². The van der Waals surface area contributed by atoms with E-state index in [4.69, 9.17) is 4.74 Å². The SMILES string of the molecule is O=C(NCc1ccc(Nc2ccccc2C(F)(F)F)cc1)C1(N(Cc2ccccc2)Cc2ccccc2)COC1. The summed E-state index contributed by atoms with van der Waals surface area (Å²) in [5.41, 5.74) is 2.01. The van der Waals surface area contributed by atoms with E-state index in [-0.39, 0.29) is 18.1 Å². The monoisotopic (exact) mass is 545 g/mol. The number of nitrogens with zero attached hydrogens (tertiary/aromatic N) is 1. The molecule has 0 radical (unpaired) electrons. The van der Waals surface area contributed by atoms with Crippen LogP contribution in [0.2, 0.25) is 0 Å². The van der Waals surface area contributed by atoms with Crippen LogP contribution in [0.3, 0.4) is 0 Å². The summed E-state index contributed by atoms with van der Waals surface area (Å²) in [5.74, 6) is -0.119. The third-order valence-corrected chi connectivity index (χ3v) is 7.06. The Morgan fingerprint density at radius 2 is 1.30 bits per heavy atom. The molecule has 206 valence electrons. The largest absolute Gasteiger partial charge is 0.418 e. The van der Waals surface area contributed by atoms with Crippen LogP contribution in [0.4, 0.5) is 24.5 Å². The van der Waals surface area contributed by atoms with Gasteiger partial charge in [0.2, 0.25) is 5.91 Å². The molecule has 1 fully saturated rings. The van der Waals surface area contributed by atoms with Crippen molar-refractivity contribution in [1.82, 2.24) is 10.2 Å². The van der Waals surface area contributed by atoms with Gasteiger partial charge in [0.1, 0.15) is 5.54 Å². The molecular weight excluding hydrogens is 515 g/mol. The maximum Gasteiger partial charge on any atom is 0.418 e. The molecule has 1 saturated heterocycles. The third kappa shape index (κ3) is 6.35. The fourth-order valence-corrected chi connectivity index (χ4v) is 4.77. The van der Waals surface area contributed by atoms with Crippen LogP contribution >= 0.6 is 0 Å². The number of alkyl halides is 3. The topological polar surface area (TPSA) is 53.6 Å². The Labute approximate surface area is 231 Å². The lowest BCUT2D eigenvalue weighted by Crippen LogP contribution is -2.69. The number of ether oxygens (including phenoxy) is 1. The van der Waals surface area contributed by atoms with E-state index in [1.807, 2.05) is 60.7 Å². The maximum absolute atomic E-state index is 13.6. The van der Waals surface area contributed by atoms with Gasteiger partial charge in [0, 0.05) is 25.3 Å². The number of rotatable bonds is 10. The number of nitrogens with one attached hydrogen (secondary N) is 2. The molecule has 0 unspecified atom stereocenters. The van der Waals surface area contributed by atoms with E-state index >= 15 is 0 Å². The van der Waals surface area contributed by atoms with Crippen LogP contribution in [-0.2, 0) is 35.3 Å². The van der Waals surface area contributed by atoms with Crippen LogP contribution in [-0.4, -0.2) is 29.6 Å². The molecule has 5 rings (SSSR count). The number of benzene rings is 4. The maximum atomic E-state index is 13.6. The van der Waals surface area contributed by atoms with Crippen LogP contribution in [0.15, 0.2) is 109 Å². The summed E-state index contributed by atoms with van der Waals surface area (Å²) in [6.45, 7) is 2.04. The Morgan fingerprint density at radius 1 is 0.750 bits per heavy atom. The highest BCUT2D eigenvalue weighted by Crippen LogP contribution is 2.36. The molecule has 1 aliphatic rings. The Bertz CT molecular complexity index is 1370. The van der Waals surface area contributed by atoms with Crippen molar-refractivity contribution in [3.63, 3.8) is 0 Å². The molecule has 1 aliphatic heterocycles. The fourth-order valence-electron chi connectivity index (χ4n) is 4.77. The lowest BCUT2D eigenvalue weighted by molar-refractivity contribution is -0.174. The zero-order valence-corrected chi connectivity index (χ0v) is 21.8. The van der Waals surface area contributed by atoms with Crippen molar-refractivity contribution in [2.24, 2.45) is 0 Å². The number of amides is 1. The van der Waals surface area contributed by atoms with Crippen LogP contribution in [0.5, 0.6) is 0 Å². The predicted octanol–water partition coefficient (Wildman–Crippen LogP) is 6.54. The molecule has 4 aromatic rings. The zero-order chi connectivity index (χ0) is 28.0. The van der Waals surface area contributed by atoms with Gasteiger partial charge in [-0.15, -0.1) is 0 Å². The number of carbonyl (C=O) groups is 1. The standard InChI is InChI=1S/C32H30F3N3O2/c33-32(34,35)28-13-7-8-14-29(28)37-27-17-15-24(16-18-27)19-36-30(39)31(22-40-23-31)38(20-25-9-3-1-4-10-25)21-26-11-5-2-6-12-26/h1-18,37H,19-23H2,(H,36,39). The van der Waals surface area contributed by atoms with E-state index in [1.165, 1.54) is 12.1 Å². The van der Waals surface area contributed by atoms with Gasteiger partial charge in [0.15, 0.2) is 0 Å². The van der Waals surface area contributed by atoms with E-state index in [9.17, 15) is 18.0 Å². The number of para-hydroxylation sites is 1. The summed E-state index contributed by atoms with van der Waals surface area (Å²) in [6, 6.07) is 32.4. The highest BCUT2D eigenvalue weighted by atomic mass is 19.4. The van der Waals surface area contributed by atoms with Gasteiger partial charge in [-0.2, -0.15) is 13.2 Å². The second-order valence-electron chi connectivity index (χ2n) is 9.90. The zero-order valence-electron chi connectivity index (χ0n) is 21.8. The molecular formula is C32H30F3N3O2. The van der Waals surface area contributed by atoms with Crippen molar-refractivity contribution < 1.29 is 22.7 Å². The molecule has 0 aliphatic carbocycles. The van der Waals surface area contributed by atoms with E-state index < -0.39 is 17.3 Å². The second kappa shape index (κ2) is 11.9. The summed E-state index contributed by atoms with van der Waals surface area (Å²) >= 11 is 0. The summed E-state index contributed by atoms with van der Waals surface area (Å²) in [5, 5.41) is 5.91. The van der Waals surface area contributed by atoms with Gasteiger partial charge in [0.05, 0.1) is 24.5 Å². The number of carbonyl (C=O) groups excluding carboxylic acids is 1.